The third-order valence-corrected chi connectivity index (χ3v) is 0.731. The Labute approximate surface area is 58.8 Å². The van der Waals surface area contributed by atoms with E-state index < -0.39 is 0 Å². The molecule has 0 unspecified atom stereocenters. The molecule has 0 saturated heterocycles. The van der Waals surface area contributed by atoms with Gasteiger partial charge in [-0.2, -0.15) is 30.3 Å². The van der Waals surface area contributed by atoms with Gasteiger partial charge in [-0.25, -0.2) is 0 Å². The Hall–Kier alpha value is -0.486. The fraction of sp³-hybridized carbons (Fsp3) is 0. The summed E-state index contributed by atoms with van der Waals surface area (Å²) in [5.41, 5.74) is 6.09. The van der Waals surface area contributed by atoms with Gasteiger partial charge in [0.1, 0.15) is 0 Å². The Bertz CT molecular complexity index is 138. The standard InChI is InChI=1S/C6H6N.Ni/c7-6-4-2-1-3-5-6;/h1-2,4-5H,7H2;/q-1;. The Morgan fingerprint density at radius 3 is 2.50 bits per heavy atom. The molecule has 1 rings (SSSR count). The molecule has 0 heterocycles. The monoisotopic (exact) mass is 150 g/mol. The van der Waals surface area contributed by atoms with Gasteiger partial charge in [0.25, 0.3) is 0 Å². The molecule has 1 aromatic rings. The Morgan fingerprint density at radius 1 is 1.50 bits per heavy atom. The molecule has 0 aliphatic carbocycles. The van der Waals surface area contributed by atoms with Crippen LogP contribution in [-0.2, 0) is 16.5 Å². The third kappa shape index (κ3) is 1.99. The van der Waals surface area contributed by atoms with Crippen molar-refractivity contribution in [3.63, 3.8) is 0 Å². The molecule has 1 aromatic carbocycles. The molecule has 0 spiro atoms. The van der Waals surface area contributed by atoms with Gasteiger partial charge in [0.05, 0.1) is 0 Å². The summed E-state index contributed by atoms with van der Waals surface area (Å²) >= 11 is 0. The topological polar surface area (TPSA) is 26.0 Å². The zero-order valence-electron chi connectivity index (χ0n) is 4.20. The van der Waals surface area contributed by atoms with E-state index in [1.165, 1.54) is 0 Å². The van der Waals surface area contributed by atoms with Crippen molar-refractivity contribution in [1.82, 2.24) is 0 Å². The molecule has 0 aliphatic heterocycles. The van der Waals surface area contributed by atoms with E-state index in [1.54, 1.807) is 6.07 Å². The molecule has 1 nitrogen and oxygen atoms in total. The van der Waals surface area contributed by atoms with Crippen molar-refractivity contribution in [3.05, 3.63) is 30.3 Å². The van der Waals surface area contributed by atoms with Crippen LogP contribution in [-0.4, -0.2) is 0 Å². The summed E-state index contributed by atoms with van der Waals surface area (Å²) in [5.74, 6) is 0. The van der Waals surface area contributed by atoms with Crippen LogP contribution in [0.1, 0.15) is 0 Å². The molecule has 0 atom stereocenters. The minimum atomic E-state index is 0. The van der Waals surface area contributed by atoms with Gasteiger partial charge in [-0.15, -0.1) is 0 Å². The van der Waals surface area contributed by atoms with Crippen LogP contribution < -0.4 is 5.73 Å². The smallest absolute Gasteiger partial charge is 0 e. The first-order valence-electron chi connectivity index (χ1n) is 2.11. The second-order valence-corrected chi connectivity index (χ2v) is 1.34. The van der Waals surface area contributed by atoms with E-state index in [0.29, 0.717) is 0 Å². The maximum Gasteiger partial charge on any atom is 0 e. The second-order valence-electron chi connectivity index (χ2n) is 1.34. The first-order valence-corrected chi connectivity index (χ1v) is 2.11. The minimum absolute atomic E-state index is 0. The molecule has 0 fully saturated rings. The second kappa shape index (κ2) is 3.51. The van der Waals surface area contributed by atoms with Crippen molar-refractivity contribution < 1.29 is 16.5 Å². The molecule has 0 radical (unpaired) electrons. The first kappa shape index (κ1) is 7.51. The van der Waals surface area contributed by atoms with Crippen LogP contribution in [0.25, 0.3) is 0 Å². The summed E-state index contributed by atoms with van der Waals surface area (Å²) in [5, 5.41) is 0. The summed E-state index contributed by atoms with van der Waals surface area (Å²) in [6.07, 6.45) is 0. The molecule has 2 N–H and O–H groups in total. The van der Waals surface area contributed by atoms with E-state index in [1.807, 2.05) is 18.2 Å². The van der Waals surface area contributed by atoms with Crippen LogP contribution in [0, 0.1) is 6.07 Å². The third-order valence-electron chi connectivity index (χ3n) is 0.731. The number of benzene rings is 1. The molecule has 46 valence electrons. The Balaban J connectivity index is 0.000000490. The summed E-state index contributed by atoms with van der Waals surface area (Å²) in [6.45, 7) is 0. The molecule has 0 aliphatic rings. The molecular weight excluding hydrogens is 145 g/mol. The van der Waals surface area contributed by atoms with Crippen LogP contribution in [0.3, 0.4) is 0 Å². The van der Waals surface area contributed by atoms with Crippen LogP contribution in [0.2, 0.25) is 0 Å². The van der Waals surface area contributed by atoms with E-state index in [0.717, 1.165) is 5.69 Å². The van der Waals surface area contributed by atoms with Gasteiger partial charge in [0.2, 0.25) is 0 Å². The van der Waals surface area contributed by atoms with Crippen LogP contribution in [0.4, 0.5) is 5.69 Å². The molecule has 0 bridgehead atoms. The van der Waals surface area contributed by atoms with Crippen molar-refractivity contribution in [2.24, 2.45) is 0 Å². The van der Waals surface area contributed by atoms with Crippen LogP contribution >= 0.6 is 0 Å². The number of anilines is 1. The molecule has 0 amide bonds. The van der Waals surface area contributed by atoms with Crippen molar-refractivity contribution in [1.29, 1.82) is 0 Å². The van der Waals surface area contributed by atoms with Crippen molar-refractivity contribution in [2.75, 3.05) is 5.73 Å². The summed E-state index contributed by atoms with van der Waals surface area (Å²) in [4.78, 5) is 0. The largest absolute Gasteiger partial charge is 0.449 e. The zero-order valence-corrected chi connectivity index (χ0v) is 5.19. The van der Waals surface area contributed by atoms with Crippen molar-refractivity contribution in [3.8, 4) is 0 Å². The predicted octanol–water partition coefficient (Wildman–Crippen LogP) is 1.07. The van der Waals surface area contributed by atoms with Gasteiger partial charge in [-0.1, -0.05) is 5.69 Å². The Morgan fingerprint density at radius 2 is 2.25 bits per heavy atom. The average molecular weight is 151 g/mol. The summed E-state index contributed by atoms with van der Waals surface area (Å²) in [7, 11) is 0. The SMILES string of the molecule is Nc1c[c-]ccc1.[Ni]. The van der Waals surface area contributed by atoms with E-state index in [-0.39, 0.29) is 16.5 Å². The predicted molar refractivity (Wildman–Crippen MR) is 29.7 cm³/mol. The quantitative estimate of drug-likeness (QED) is 0.334. The van der Waals surface area contributed by atoms with E-state index in [2.05, 4.69) is 6.07 Å². The van der Waals surface area contributed by atoms with Crippen LogP contribution in [0.5, 0.6) is 0 Å². The van der Waals surface area contributed by atoms with Gasteiger partial charge in [0, 0.05) is 16.5 Å². The molecule has 0 aromatic heterocycles. The molecule has 8 heavy (non-hydrogen) atoms. The average Bonchev–Trinajstić information content (AvgIpc) is 1.69. The molecule has 0 saturated carbocycles. The van der Waals surface area contributed by atoms with Gasteiger partial charge < -0.3 is 5.73 Å². The molecular formula is C6H6NNi-. The summed E-state index contributed by atoms with van der Waals surface area (Å²) in [6, 6.07) is 10.1. The molecule has 2 heteroatoms. The van der Waals surface area contributed by atoms with E-state index in [9.17, 15) is 0 Å². The van der Waals surface area contributed by atoms with Gasteiger partial charge in [0.15, 0.2) is 0 Å². The van der Waals surface area contributed by atoms with E-state index >= 15 is 0 Å². The van der Waals surface area contributed by atoms with Gasteiger partial charge in [-0.3, -0.25) is 0 Å². The van der Waals surface area contributed by atoms with Gasteiger partial charge >= 0.3 is 0 Å². The van der Waals surface area contributed by atoms with Crippen LogP contribution in [0.15, 0.2) is 24.3 Å². The number of rotatable bonds is 0. The summed E-state index contributed by atoms with van der Waals surface area (Å²) < 4.78 is 0. The number of hydrogen-bond acceptors (Lipinski definition) is 1. The minimum Gasteiger partial charge on any atom is -0.449 e. The number of nitrogens with two attached hydrogens (primary N) is 1. The zero-order chi connectivity index (χ0) is 5.11. The fourth-order valence-corrected chi connectivity index (χ4v) is 0.407. The van der Waals surface area contributed by atoms with Crippen molar-refractivity contribution >= 4 is 5.69 Å². The van der Waals surface area contributed by atoms with Gasteiger partial charge in [-0.05, 0) is 0 Å². The maximum absolute atomic E-state index is 5.33. The first-order chi connectivity index (χ1) is 3.39. The number of hydrogen-bond donors (Lipinski definition) is 1. The maximum atomic E-state index is 5.33. The van der Waals surface area contributed by atoms with Crippen molar-refractivity contribution in [2.45, 2.75) is 0 Å². The fourth-order valence-electron chi connectivity index (χ4n) is 0.407. The Kier molecular flexibility index (Phi) is 3.29. The number of nitrogen functional groups attached to an aromatic ring is 1. The van der Waals surface area contributed by atoms with E-state index in [4.69, 9.17) is 5.73 Å². The normalized spacial score (nSPS) is 7.50.